The summed E-state index contributed by atoms with van der Waals surface area (Å²) >= 11 is 0. The second-order valence-electron chi connectivity index (χ2n) is 7.45. The molecular formula is C21H33IN6O. The molecule has 2 aromatic rings. The average molecular weight is 512 g/mol. The zero-order valence-corrected chi connectivity index (χ0v) is 20.2. The Morgan fingerprint density at radius 2 is 1.97 bits per heavy atom. The van der Waals surface area contributed by atoms with Gasteiger partial charge in [-0.1, -0.05) is 17.3 Å². The van der Waals surface area contributed by atoms with Crippen LogP contribution >= 0.6 is 24.0 Å². The number of aliphatic imine (C=N–C) groups is 1. The molecule has 0 atom stereocenters. The number of piperazine rings is 1. The minimum atomic E-state index is 0. The first-order valence-corrected chi connectivity index (χ1v) is 9.98. The normalized spacial score (nSPS) is 15.2. The van der Waals surface area contributed by atoms with E-state index in [4.69, 9.17) is 9.52 Å². The molecule has 1 saturated heterocycles. The van der Waals surface area contributed by atoms with Crippen LogP contribution in [0.2, 0.25) is 0 Å². The molecule has 1 aliphatic rings. The molecule has 0 bridgehead atoms. The molecule has 2 heterocycles. The van der Waals surface area contributed by atoms with Crippen LogP contribution in [0.5, 0.6) is 0 Å². The van der Waals surface area contributed by atoms with Gasteiger partial charge in [-0.2, -0.15) is 0 Å². The molecule has 29 heavy (non-hydrogen) atoms. The van der Waals surface area contributed by atoms with Crippen molar-refractivity contribution in [3.8, 4) is 0 Å². The summed E-state index contributed by atoms with van der Waals surface area (Å²) in [4.78, 5) is 11.9. The van der Waals surface area contributed by atoms with E-state index in [-0.39, 0.29) is 24.0 Å². The quantitative estimate of drug-likeness (QED) is 0.365. The molecule has 160 valence electrons. The van der Waals surface area contributed by atoms with Crippen LogP contribution in [0.15, 0.2) is 40.0 Å². The Balaban J connectivity index is 0.00000300. The van der Waals surface area contributed by atoms with Crippen molar-refractivity contribution in [2.45, 2.75) is 26.9 Å². The Morgan fingerprint density at radius 3 is 2.59 bits per heavy atom. The van der Waals surface area contributed by atoms with Gasteiger partial charge in [-0.05, 0) is 31.0 Å². The minimum absolute atomic E-state index is 0. The van der Waals surface area contributed by atoms with Crippen molar-refractivity contribution >= 4 is 35.6 Å². The van der Waals surface area contributed by atoms with Crippen LogP contribution in [0.25, 0.3) is 0 Å². The molecule has 0 unspecified atom stereocenters. The molecule has 1 fully saturated rings. The van der Waals surface area contributed by atoms with Crippen molar-refractivity contribution in [2.24, 2.45) is 4.99 Å². The summed E-state index contributed by atoms with van der Waals surface area (Å²) in [7, 11) is 4.17. The molecule has 3 rings (SSSR count). The number of guanidine groups is 1. The fourth-order valence-corrected chi connectivity index (χ4v) is 3.48. The molecule has 0 radical (unpaired) electrons. The van der Waals surface area contributed by atoms with Crippen LogP contribution < -0.4 is 10.2 Å². The van der Waals surface area contributed by atoms with Gasteiger partial charge in [-0.15, -0.1) is 24.0 Å². The number of hydrogen-bond acceptors (Lipinski definition) is 5. The fourth-order valence-electron chi connectivity index (χ4n) is 3.48. The van der Waals surface area contributed by atoms with Gasteiger partial charge in [0.15, 0.2) is 5.96 Å². The highest BCUT2D eigenvalue weighted by Crippen LogP contribution is 2.21. The number of aromatic nitrogens is 1. The van der Waals surface area contributed by atoms with Crippen molar-refractivity contribution in [3.05, 3.63) is 47.3 Å². The maximum absolute atomic E-state index is 4.94. The molecule has 0 aliphatic carbocycles. The Hall–Kier alpha value is -1.81. The number of halogens is 1. The topological polar surface area (TPSA) is 60.1 Å². The second kappa shape index (κ2) is 11.4. The predicted molar refractivity (Wildman–Crippen MR) is 129 cm³/mol. The van der Waals surface area contributed by atoms with Crippen LogP contribution in [0.3, 0.4) is 0 Å². The van der Waals surface area contributed by atoms with Crippen molar-refractivity contribution in [1.29, 1.82) is 0 Å². The smallest absolute Gasteiger partial charge is 0.194 e. The van der Waals surface area contributed by atoms with Crippen LogP contribution in [0, 0.1) is 6.92 Å². The van der Waals surface area contributed by atoms with Crippen molar-refractivity contribution in [3.63, 3.8) is 0 Å². The van der Waals surface area contributed by atoms with Gasteiger partial charge < -0.3 is 19.6 Å². The Bertz CT molecular complexity index is 769. The van der Waals surface area contributed by atoms with Gasteiger partial charge in [0.05, 0.1) is 12.2 Å². The monoisotopic (exact) mass is 512 g/mol. The number of nitrogens with one attached hydrogen (secondary N) is 1. The molecule has 1 aromatic carbocycles. The fraction of sp³-hybridized carbons (Fsp3) is 0.524. The van der Waals surface area contributed by atoms with E-state index in [1.807, 2.05) is 6.07 Å². The van der Waals surface area contributed by atoms with Gasteiger partial charge >= 0.3 is 0 Å². The van der Waals surface area contributed by atoms with E-state index in [1.165, 1.54) is 16.8 Å². The van der Waals surface area contributed by atoms with Gasteiger partial charge in [0.1, 0.15) is 6.26 Å². The van der Waals surface area contributed by atoms with Gasteiger partial charge in [0, 0.05) is 65.1 Å². The molecule has 0 saturated carbocycles. The van der Waals surface area contributed by atoms with Gasteiger partial charge in [-0.3, -0.25) is 4.90 Å². The number of nitrogens with zero attached hydrogens (tertiary/aromatic N) is 5. The first-order valence-electron chi connectivity index (χ1n) is 9.98. The number of anilines is 1. The highest BCUT2D eigenvalue weighted by atomic mass is 127. The Labute approximate surface area is 191 Å². The summed E-state index contributed by atoms with van der Waals surface area (Å²) in [6.45, 7) is 10.5. The van der Waals surface area contributed by atoms with Crippen LogP contribution in [-0.2, 0) is 13.1 Å². The number of aryl methyl sites for hydroxylation is 1. The van der Waals surface area contributed by atoms with E-state index in [9.17, 15) is 0 Å². The first-order chi connectivity index (χ1) is 13.6. The lowest BCUT2D eigenvalue weighted by molar-refractivity contribution is 0.169. The maximum Gasteiger partial charge on any atom is 0.194 e. The van der Waals surface area contributed by atoms with Crippen molar-refractivity contribution < 1.29 is 4.52 Å². The van der Waals surface area contributed by atoms with Crippen molar-refractivity contribution in [2.75, 3.05) is 51.7 Å². The van der Waals surface area contributed by atoms with Gasteiger partial charge in [0.25, 0.3) is 0 Å². The van der Waals surface area contributed by atoms with E-state index >= 15 is 0 Å². The summed E-state index contributed by atoms with van der Waals surface area (Å²) in [5.41, 5.74) is 4.74. The highest BCUT2D eigenvalue weighted by Gasteiger charge is 2.20. The Kier molecular flexibility index (Phi) is 9.22. The predicted octanol–water partition coefficient (Wildman–Crippen LogP) is 2.95. The zero-order valence-electron chi connectivity index (χ0n) is 17.9. The number of rotatable bonds is 6. The van der Waals surface area contributed by atoms with Crippen LogP contribution in [-0.4, -0.2) is 67.7 Å². The Morgan fingerprint density at radius 1 is 1.21 bits per heavy atom. The van der Waals surface area contributed by atoms with Crippen LogP contribution in [0.1, 0.15) is 23.7 Å². The maximum atomic E-state index is 4.94. The lowest BCUT2D eigenvalue weighted by Gasteiger charge is -2.36. The number of hydrogen-bond donors (Lipinski definition) is 1. The first kappa shape index (κ1) is 23.5. The molecular weight excluding hydrogens is 479 g/mol. The zero-order chi connectivity index (χ0) is 19.9. The van der Waals surface area contributed by atoms with E-state index < -0.39 is 0 Å². The third-order valence-corrected chi connectivity index (χ3v) is 5.01. The van der Waals surface area contributed by atoms with Gasteiger partial charge in [-0.25, -0.2) is 4.99 Å². The number of benzene rings is 1. The molecule has 1 aromatic heterocycles. The average Bonchev–Trinajstić information content (AvgIpc) is 3.19. The van der Waals surface area contributed by atoms with Gasteiger partial charge in [0.2, 0.25) is 0 Å². The summed E-state index contributed by atoms with van der Waals surface area (Å²) in [5, 5.41) is 7.47. The standard InChI is InChI=1S/C21H32N6O.HI/c1-5-22-21(23-15-18-7-6-17(2)14-20(18)25(3)4)27-11-9-26(10-12-27)16-19-8-13-28-24-19;/h6-8,13-14H,5,9-12,15-16H2,1-4H3,(H,22,23);1H. The molecule has 1 N–H and O–H groups in total. The molecule has 0 spiro atoms. The highest BCUT2D eigenvalue weighted by molar-refractivity contribution is 14.0. The van der Waals surface area contributed by atoms with E-state index in [0.29, 0.717) is 6.54 Å². The van der Waals surface area contributed by atoms with E-state index in [1.54, 1.807) is 6.26 Å². The molecule has 0 amide bonds. The summed E-state index contributed by atoms with van der Waals surface area (Å²) < 4.78 is 4.94. The minimum Gasteiger partial charge on any atom is -0.377 e. The third kappa shape index (κ3) is 6.60. The van der Waals surface area contributed by atoms with Crippen LogP contribution in [0.4, 0.5) is 5.69 Å². The third-order valence-electron chi connectivity index (χ3n) is 5.01. The lowest BCUT2D eigenvalue weighted by atomic mass is 10.1. The SMILES string of the molecule is CCNC(=NCc1ccc(C)cc1N(C)C)N1CCN(Cc2ccon2)CC1.I. The van der Waals surface area contributed by atoms with E-state index in [2.05, 4.69) is 71.3 Å². The van der Waals surface area contributed by atoms with Crippen molar-refractivity contribution in [1.82, 2.24) is 20.3 Å². The summed E-state index contributed by atoms with van der Waals surface area (Å²) in [6.07, 6.45) is 1.63. The molecule has 1 aliphatic heterocycles. The molecule has 8 heteroatoms. The lowest BCUT2D eigenvalue weighted by Crippen LogP contribution is -2.52. The van der Waals surface area contributed by atoms with E-state index in [0.717, 1.165) is 50.9 Å². The molecule has 7 nitrogen and oxygen atoms in total. The second-order valence-corrected chi connectivity index (χ2v) is 7.45. The largest absolute Gasteiger partial charge is 0.377 e. The summed E-state index contributed by atoms with van der Waals surface area (Å²) in [6, 6.07) is 8.50. The summed E-state index contributed by atoms with van der Waals surface area (Å²) in [5.74, 6) is 0.994.